The van der Waals surface area contributed by atoms with Gasteiger partial charge in [0.05, 0.1) is 10.7 Å². The molecular weight excluding hydrogens is 510 g/mol. The van der Waals surface area contributed by atoms with Gasteiger partial charge in [0.1, 0.15) is 5.82 Å². The Balaban J connectivity index is 0.000000342. The average Bonchev–Trinajstić information content (AvgIpc) is 3.17. The summed E-state index contributed by atoms with van der Waals surface area (Å²) in [6.07, 6.45) is 9.16. The molecule has 0 radical (unpaired) electrons. The van der Waals surface area contributed by atoms with Crippen molar-refractivity contribution in [1.82, 2.24) is 10.3 Å². The Hall–Kier alpha value is -2.72. The maximum absolute atomic E-state index is 9.77. The van der Waals surface area contributed by atoms with Crippen molar-refractivity contribution in [3.8, 4) is 0 Å². The number of pyridine rings is 1. The summed E-state index contributed by atoms with van der Waals surface area (Å²) in [5.74, 6) is -1.65. The highest BCUT2D eigenvalue weighted by atomic mass is 35.5. The summed E-state index contributed by atoms with van der Waals surface area (Å²) in [6.45, 7) is 2.04. The molecule has 38 heavy (non-hydrogen) atoms. The Labute approximate surface area is 228 Å². The van der Waals surface area contributed by atoms with Gasteiger partial charge in [0.25, 0.3) is 0 Å². The molecule has 9 nitrogen and oxygen atoms in total. The molecule has 0 bridgehead atoms. The standard InChI is InChI=1S/C24H32ClN3.C4H6O6/c1-28(24-21-14-16-26-15-13-20(21)10-11-22(24)25)23-12-9-19(17-27-23)8-7-18-5-3-2-4-6-18;5-1(3(7)8)2(6)4(9)10/h9-12,17-18,26H,2-8,13-16H2,1H3;1-2,5-6H,(H,7,8)(H,9,10)/t;1-,2-/m.1/s1. The number of aromatic nitrogens is 1. The van der Waals surface area contributed by atoms with E-state index in [-0.39, 0.29) is 0 Å². The maximum atomic E-state index is 9.77. The van der Waals surface area contributed by atoms with Crippen molar-refractivity contribution in [2.45, 2.75) is 70.0 Å². The van der Waals surface area contributed by atoms with Crippen molar-refractivity contribution in [3.05, 3.63) is 52.2 Å². The monoisotopic (exact) mass is 547 g/mol. The van der Waals surface area contributed by atoms with Crippen molar-refractivity contribution in [1.29, 1.82) is 0 Å². The summed E-state index contributed by atoms with van der Waals surface area (Å²) in [6, 6.07) is 8.62. The van der Waals surface area contributed by atoms with E-state index in [1.165, 1.54) is 55.2 Å². The lowest BCUT2D eigenvalue weighted by molar-refractivity contribution is -0.165. The van der Waals surface area contributed by atoms with Crippen LogP contribution in [0.25, 0.3) is 0 Å². The molecule has 0 saturated heterocycles. The Morgan fingerprint density at radius 1 is 1.03 bits per heavy atom. The van der Waals surface area contributed by atoms with E-state index in [9.17, 15) is 9.59 Å². The van der Waals surface area contributed by atoms with Gasteiger partial charge < -0.3 is 30.6 Å². The van der Waals surface area contributed by atoms with E-state index >= 15 is 0 Å². The highest BCUT2D eigenvalue weighted by Crippen LogP contribution is 2.36. The number of hydrogen-bond acceptors (Lipinski definition) is 7. The van der Waals surface area contributed by atoms with Crippen LogP contribution >= 0.6 is 11.6 Å². The van der Waals surface area contributed by atoms with Crippen LogP contribution in [0.4, 0.5) is 11.5 Å². The predicted molar refractivity (Wildman–Crippen MR) is 146 cm³/mol. The maximum Gasteiger partial charge on any atom is 0.335 e. The lowest BCUT2D eigenvalue weighted by atomic mass is 9.85. The third-order valence-electron chi connectivity index (χ3n) is 7.31. The second-order valence-electron chi connectivity index (χ2n) is 9.98. The fourth-order valence-electron chi connectivity index (χ4n) is 5.08. The van der Waals surface area contributed by atoms with E-state index in [2.05, 4.69) is 41.7 Å². The number of aliphatic hydroxyl groups is 2. The van der Waals surface area contributed by atoms with E-state index in [4.69, 9.17) is 37.0 Å². The molecular formula is C28H38ClN3O6. The molecule has 0 spiro atoms. The van der Waals surface area contributed by atoms with E-state index in [1.54, 1.807) is 0 Å². The molecule has 1 fully saturated rings. The second-order valence-corrected chi connectivity index (χ2v) is 10.4. The molecule has 1 aliphatic carbocycles. The van der Waals surface area contributed by atoms with Crippen molar-refractivity contribution in [2.24, 2.45) is 5.92 Å². The third kappa shape index (κ3) is 8.14. The SMILES string of the molecule is CN(c1ccc(CCC2CCCCC2)cn1)c1c(Cl)ccc2c1CCNCC2.O=C(O)[C@H](O)[C@@H](O)C(=O)O. The Bertz CT molecular complexity index is 1060. The number of rotatable bonds is 8. The van der Waals surface area contributed by atoms with Crippen molar-refractivity contribution in [3.63, 3.8) is 0 Å². The molecule has 0 unspecified atom stereocenters. The van der Waals surface area contributed by atoms with Gasteiger partial charge in [-0.15, -0.1) is 0 Å². The van der Waals surface area contributed by atoms with E-state index in [1.807, 2.05) is 6.07 Å². The number of carbonyl (C=O) groups is 2. The van der Waals surface area contributed by atoms with Crippen LogP contribution in [0, 0.1) is 5.92 Å². The van der Waals surface area contributed by atoms with Gasteiger partial charge in [0.15, 0.2) is 12.2 Å². The van der Waals surface area contributed by atoms with E-state index in [0.717, 1.165) is 54.8 Å². The molecule has 5 N–H and O–H groups in total. The lowest BCUT2D eigenvalue weighted by Gasteiger charge is -2.25. The Kier molecular flexibility index (Phi) is 11.3. The topological polar surface area (TPSA) is 143 Å². The summed E-state index contributed by atoms with van der Waals surface area (Å²) in [4.78, 5) is 26.5. The molecule has 1 aliphatic heterocycles. The van der Waals surface area contributed by atoms with Crippen LogP contribution in [0.1, 0.15) is 55.2 Å². The number of nitrogens with one attached hydrogen (secondary N) is 1. The molecule has 10 heteroatoms. The lowest BCUT2D eigenvalue weighted by Crippen LogP contribution is -2.39. The molecule has 2 atom stereocenters. The third-order valence-corrected chi connectivity index (χ3v) is 7.62. The molecule has 2 aromatic rings. The van der Waals surface area contributed by atoms with Crippen LogP contribution < -0.4 is 10.2 Å². The average molecular weight is 548 g/mol. The molecule has 1 saturated carbocycles. The van der Waals surface area contributed by atoms with Crippen molar-refractivity contribution >= 4 is 35.0 Å². The summed E-state index contributed by atoms with van der Waals surface area (Å²) in [5, 5.41) is 36.8. The summed E-state index contributed by atoms with van der Waals surface area (Å²) in [7, 11) is 2.09. The summed E-state index contributed by atoms with van der Waals surface area (Å²) < 4.78 is 0. The van der Waals surface area contributed by atoms with Crippen LogP contribution in [0.2, 0.25) is 5.02 Å². The van der Waals surface area contributed by atoms with Gasteiger partial charge in [-0.05, 0) is 73.5 Å². The highest BCUT2D eigenvalue weighted by molar-refractivity contribution is 6.33. The van der Waals surface area contributed by atoms with Gasteiger partial charge in [-0.25, -0.2) is 14.6 Å². The van der Waals surface area contributed by atoms with Crippen LogP contribution in [-0.4, -0.2) is 69.7 Å². The van der Waals surface area contributed by atoms with E-state index in [0.29, 0.717) is 0 Å². The molecule has 1 aromatic heterocycles. The van der Waals surface area contributed by atoms with Gasteiger partial charge in [-0.1, -0.05) is 55.8 Å². The van der Waals surface area contributed by atoms with Gasteiger partial charge in [0.2, 0.25) is 0 Å². The molecule has 2 aliphatic rings. The van der Waals surface area contributed by atoms with Crippen LogP contribution in [0.15, 0.2) is 30.5 Å². The zero-order valence-corrected chi connectivity index (χ0v) is 22.5. The van der Waals surface area contributed by atoms with Crippen LogP contribution in [-0.2, 0) is 28.9 Å². The number of aryl methyl sites for hydroxylation is 1. The number of aliphatic hydroxyl groups excluding tert-OH is 2. The Morgan fingerprint density at radius 3 is 2.29 bits per heavy atom. The summed E-state index contributed by atoms with van der Waals surface area (Å²) >= 11 is 6.64. The number of carboxylic acid groups (broad SMARTS) is 2. The molecule has 1 aromatic carbocycles. The van der Waals surface area contributed by atoms with Crippen molar-refractivity contribution in [2.75, 3.05) is 25.0 Å². The summed E-state index contributed by atoms with van der Waals surface area (Å²) in [5.41, 5.74) is 5.23. The number of carboxylic acids is 2. The fourth-order valence-corrected chi connectivity index (χ4v) is 5.38. The fraction of sp³-hybridized carbons (Fsp3) is 0.536. The first kappa shape index (κ1) is 29.8. The molecule has 2 heterocycles. The minimum atomic E-state index is -2.27. The molecule has 0 amide bonds. The zero-order valence-electron chi connectivity index (χ0n) is 21.8. The minimum absolute atomic E-state index is 0.811. The smallest absolute Gasteiger partial charge is 0.335 e. The molecule has 208 valence electrons. The number of anilines is 2. The number of hydrogen-bond donors (Lipinski definition) is 5. The number of halogens is 1. The zero-order chi connectivity index (χ0) is 27.7. The first-order valence-electron chi connectivity index (χ1n) is 13.2. The first-order chi connectivity index (χ1) is 18.2. The quantitative estimate of drug-likeness (QED) is 0.335. The Morgan fingerprint density at radius 2 is 1.68 bits per heavy atom. The van der Waals surface area contributed by atoms with Crippen LogP contribution in [0.5, 0.6) is 0 Å². The number of fused-ring (bicyclic) bond motifs is 1. The van der Waals surface area contributed by atoms with Crippen molar-refractivity contribution < 1.29 is 30.0 Å². The van der Waals surface area contributed by atoms with E-state index < -0.39 is 24.1 Å². The molecule has 4 rings (SSSR count). The van der Waals surface area contributed by atoms with Gasteiger partial charge >= 0.3 is 11.9 Å². The highest BCUT2D eigenvalue weighted by Gasteiger charge is 2.29. The largest absolute Gasteiger partial charge is 0.479 e. The normalized spacial score (nSPS) is 17.3. The van der Waals surface area contributed by atoms with Gasteiger partial charge in [-0.3, -0.25) is 0 Å². The van der Waals surface area contributed by atoms with Gasteiger partial charge in [0, 0.05) is 13.2 Å². The van der Waals surface area contributed by atoms with Gasteiger partial charge in [-0.2, -0.15) is 0 Å². The number of nitrogens with zero attached hydrogens (tertiary/aromatic N) is 2. The predicted octanol–water partition coefficient (Wildman–Crippen LogP) is 3.58. The van der Waals surface area contributed by atoms with Crippen LogP contribution in [0.3, 0.4) is 0 Å². The number of aliphatic carboxylic acids is 2. The second kappa shape index (κ2) is 14.4. The minimum Gasteiger partial charge on any atom is -0.479 e. The first-order valence-corrected chi connectivity index (χ1v) is 13.6. The number of benzene rings is 1.